The molecule has 0 aromatic heterocycles. The molecule has 0 saturated carbocycles. The number of amides is 1. The Bertz CT molecular complexity index is 570. The van der Waals surface area contributed by atoms with E-state index in [0.717, 1.165) is 51.3 Å². The van der Waals surface area contributed by atoms with Crippen LogP contribution in [0.15, 0.2) is 18.2 Å². The number of nitrogens with zero attached hydrogens (tertiary/aromatic N) is 1. The van der Waals surface area contributed by atoms with Gasteiger partial charge in [0.1, 0.15) is 5.75 Å². The van der Waals surface area contributed by atoms with Gasteiger partial charge in [-0.2, -0.15) is 0 Å². The average Bonchev–Trinajstić information content (AvgIpc) is 3.11. The minimum Gasteiger partial charge on any atom is -0.496 e. The maximum absolute atomic E-state index is 13.0. The average molecular weight is 331 g/mol. The van der Waals surface area contributed by atoms with Crippen LogP contribution in [0.2, 0.25) is 0 Å². The van der Waals surface area contributed by atoms with Crippen molar-refractivity contribution in [1.82, 2.24) is 15.5 Å². The van der Waals surface area contributed by atoms with E-state index in [9.17, 15) is 4.79 Å². The largest absolute Gasteiger partial charge is 0.496 e. The van der Waals surface area contributed by atoms with Gasteiger partial charge < -0.3 is 20.3 Å². The Labute approximate surface area is 144 Å². The SMILES string of the molecule is CNCc1c(OC)cccc1[C@@H]1CNCC1C(=O)N1CCCCC1. The Balaban J connectivity index is 1.86. The molecule has 0 aliphatic carbocycles. The number of rotatable bonds is 5. The maximum atomic E-state index is 13.0. The first-order valence-corrected chi connectivity index (χ1v) is 9.06. The highest BCUT2D eigenvalue weighted by Crippen LogP contribution is 2.35. The normalized spacial score (nSPS) is 24.2. The first-order valence-electron chi connectivity index (χ1n) is 9.06. The highest BCUT2D eigenvalue weighted by atomic mass is 16.5. The fourth-order valence-corrected chi connectivity index (χ4v) is 4.10. The number of benzene rings is 1. The van der Waals surface area contributed by atoms with Crippen molar-refractivity contribution in [3.63, 3.8) is 0 Å². The lowest BCUT2D eigenvalue weighted by molar-refractivity contribution is -0.136. The van der Waals surface area contributed by atoms with Gasteiger partial charge in [-0.15, -0.1) is 0 Å². The smallest absolute Gasteiger partial charge is 0.227 e. The number of ether oxygens (including phenoxy) is 1. The minimum absolute atomic E-state index is 0.0332. The third-order valence-electron chi connectivity index (χ3n) is 5.34. The monoisotopic (exact) mass is 331 g/mol. The van der Waals surface area contributed by atoms with Gasteiger partial charge in [-0.05, 0) is 37.9 Å². The summed E-state index contributed by atoms with van der Waals surface area (Å²) >= 11 is 0. The molecule has 5 nitrogen and oxygen atoms in total. The molecule has 5 heteroatoms. The van der Waals surface area contributed by atoms with Crippen LogP contribution in [0.5, 0.6) is 5.75 Å². The fourth-order valence-electron chi connectivity index (χ4n) is 4.10. The summed E-state index contributed by atoms with van der Waals surface area (Å²) in [7, 11) is 3.65. The number of piperidine rings is 1. The molecule has 0 bridgehead atoms. The van der Waals surface area contributed by atoms with Crippen molar-refractivity contribution in [2.75, 3.05) is 40.3 Å². The molecule has 2 heterocycles. The highest BCUT2D eigenvalue weighted by molar-refractivity contribution is 5.81. The van der Waals surface area contributed by atoms with Crippen molar-refractivity contribution in [2.45, 2.75) is 31.7 Å². The van der Waals surface area contributed by atoms with Gasteiger partial charge in [-0.1, -0.05) is 12.1 Å². The molecule has 1 aromatic carbocycles. The zero-order chi connectivity index (χ0) is 16.9. The lowest BCUT2D eigenvalue weighted by atomic mass is 9.84. The van der Waals surface area contributed by atoms with Gasteiger partial charge in [0, 0.05) is 44.2 Å². The number of hydrogen-bond donors (Lipinski definition) is 2. The van der Waals surface area contributed by atoms with Crippen LogP contribution < -0.4 is 15.4 Å². The Morgan fingerprint density at radius 3 is 2.79 bits per heavy atom. The second-order valence-corrected chi connectivity index (χ2v) is 6.82. The van der Waals surface area contributed by atoms with Crippen LogP contribution in [0.3, 0.4) is 0 Å². The van der Waals surface area contributed by atoms with Crippen molar-refractivity contribution >= 4 is 5.91 Å². The number of carbonyl (C=O) groups is 1. The molecule has 2 fully saturated rings. The van der Waals surface area contributed by atoms with E-state index in [1.165, 1.54) is 17.5 Å². The van der Waals surface area contributed by atoms with E-state index in [4.69, 9.17) is 4.74 Å². The van der Waals surface area contributed by atoms with Crippen molar-refractivity contribution in [3.8, 4) is 5.75 Å². The van der Waals surface area contributed by atoms with E-state index in [0.29, 0.717) is 5.91 Å². The first kappa shape index (κ1) is 17.2. The van der Waals surface area contributed by atoms with Crippen molar-refractivity contribution in [3.05, 3.63) is 29.3 Å². The van der Waals surface area contributed by atoms with Crippen LogP contribution in [0, 0.1) is 5.92 Å². The summed E-state index contributed by atoms with van der Waals surface area (Å²) in [4.78, 5) is 15.1. The van der Waals surface area contributed by atoms with Crippen molar-refractivity contribution in [1.29, 1.82) is 0 Å². The van der Waals surface area contributed by atoms with E-state index in [-0.39, 0.29) is 11.8 Å². The number of likely N-dealkylation sites (tertiary alicyclic amines) is 1. The lowest BCUT2D eigenvalue weighted by Crippen LogP contribution is -2.41. The van der Waals surface area contributed by atoms with Crippen LogP contribution >= 0.6 is 0 Å². The van der Waals surface area contributed by atoms with E-state index in [2.05, 4.69) is 21.6 Å². The molecule has 1 unspecified atom stereocenters. The molecule has 2 aliphatic heterocycles. The zero-order valence-corrected chi connectivity index (χ0v) is 14.8. The third kappa shape index (κ3) is 3.42. The van der Waals surface area contributed by atoms with E-state index < -0.39 is 0 Å². The van der Waals surface area contributed by atoms with Crippen LogP contribution in [-0.4, -0.2) is 51.1 Å². The quantitative estimate of drug-likeness (QED) is 0.863. The molecule has 2 atom stereocenters. The number of methoxy groups -OCH3 is 1. The Hall–Kier alpha value is -1.59. The number of hydrogen-bond acceptors (Lipinski definition) is 4. The summed E-state index contributed by atoms with van der Waals surface area (Å²) in [6.45, 7) is 4.22. The fraction of sp³-hybridized carbons (Fsp3) is 0.632. The van der Waals surface area contributed by atoms with Gasteiger partial charge in [-0.25, -0.2) is 0 Å². The highest BCUT2D eigenvalue weighted by Gasteiger charge is 2.37. The molecule has 0 radical (unpaired) electrons. The van der Waals surface area contributed by atoms with E-state index >= 15 is 0 Å². The summed E-state index contributed by atoms with van der Waals surface area (Å²) in [5, 5.41) is 6.67. The maximum Gasteiger partial charge on any atom is 0.227 e. The van der Waals surface area contributed by atoms with Gasteiger partial charge in [-0.3, -0.25) is 4.79 Å². The van der Waals surface area contributed by atoms with E-state index in [1.807, 2.05) is 19.2 Å². The molecule has 3 rings (SSSR count). The van der Waals surface area contributed by atoms with Crippen molar-refractivity contribution in [2.24, 2.45) is 5.92 Å². The molecule has 2 saturated heterocycles. The number of nitrogens with one attached hydrogen (secondary N) is 2. The summed E-state index contributed by atoms with van der Waals surface area (Å²) < 4.78 is 5.55. The third-order valence-corrected chi connectivity index (χ3v) is 5.34. The Morgan fingerprint density at radius 2 is 2.08 bits per heavy atom. The summed E-state index contributed by atoms with van der Waals surface area (Å²) in [5.74, 6) is 1.48. The van der Waals surface area contributed by atoms with Crippen LogP contribution in [0.1, 0.15) is 36.3 Å². The minimum atomic E-state index is 0.0332. The van der Waals surface area contributed by atoms with Gasteiger partial charge in [0.2, 0.25) is 5.91 Å². The molecule has 0 spiro atoms. The second kappa shape index (κ2) is 7.99. The zero-order valence-electron chi connectivity index (χ0n) is 14.8. The second-order valence-electron chi connectivity index (χ2n) is 6.82. The van der Waals surface area contributed by atoms with Gasteiger partial charge in [0.15, 0.2) is 0 Å². The molecular weight excluding hydrogens is 302 g/mol. The molecule has 2 N–H and O–H groups in total. The lowest BCUT2D eigenvalue weighted by Gasteiger charge is -2.31. The predicted molar refractivity (Wildman–Crippen MR) is 95.3 cm³/mol. The predicted octanol–water partition coefficient (Wildman–Crippen LogP) is 1.73. The van der Waals surface area contributed by atoms with Crippen LogP contribution in [0.4, 0.5) is 0 Å². The number of carbonyl (C=O) groups excluding carboxylic acids is 1. The van der Waals surface area contributed by atoms with Gasteiger partial charge in [0.25, 0.3) is 0 Å². The van der Waals surface area contributed by atoms with Crippen molar-refractivity contribution < 1.29 is 9.53 Å². The Morgan fingerprint density at radius 1 is 1.29 bits per heavy atom. The molecule has 2 aliphatic rings. The molecular formula is C19H29N3O2. The summed E-state index contributed by atoms with van der Waals surface area (Å²) in [6, 6.07) is 6.19. The molecule has 1 aromatic rings. The molecule has 1 amide bonds. The van der Waals surface area contributed by atoms with Crippen LogP contribution in [0.25, 0.3) is 0 Å². The topological polar surface area (TPSA) is 53.6 Å². The molecule has 24 heavy (non-hydrogen) atoms. The standard InChI is InChI=1S/C19H29N3O2/c1-20-11-16-14(7-6-8-18(16)24-2)15-12-21-13-17(15)19(23)22-9-4-3-5-10-22/h6-8,15,17,20-21H,3-5,9-13H2,1-2H3/t15-,17?/m0/s1. The first-order chi connectivity index (χ1) is 11.8. The Kier molecular flexibility index (Phi) is 5.74. The van der Waals surface area contributed by atoms with Gasteiger partial charge >= 0.3 is 0 Å². The van der Waals surface area contributed by atoms with Gasteiger partial charge in [0.05, 0.1) is 13.0 Å². The summed E-state index contributed by atoms with van der Waals surface area (Å²) in [6.07, 6.45) is 3.53. The summed E-state index contributed by atoms with van der Waals surface area (Å²) in [5.41, 5.74) is 2.41. The van der Waals surface area contributed by atoms with E-state index in [1.54, 1.807) is 7.11 Å². The van der Waals surface area contributed by atoms with Crippen LogP contribution in [-0.2, 0) is 11.3 Å². The molecule has 132 valence electrons.